The zero-order chi connectivity index (χ0) is 18.5. The summed E-state index contributed by atoms with van der Waals surface area (Å²) in [6.45, 7) is 0. The Labute approximate surface area is 155 Å². The second kappa shape index (κ2) is 7.88. The predicted octanol–water partition coefficient (Wildman–Crippen LogP) is 2.90. The van der Waals surface area contributed by atoms with Crippen molar-refractivity contribution in [3.63, 3.8) is 0 Å². The van der Waals surface area contributed by atoms with E-state index in [-0.39, 0.29) is 5.91 Å². The Balaban J connectivity index is 1.74. The van der Waals surface area contributed by atoms with Crippen LogP contribution in [0.2, 0.25) is 0 Å². The van der Waals surface area contributed by atoms with Crippen LogP contribution in [0.5, 0.6) is 11.5 Å². The Morgan fingerprint density at radius 3 is 2.65 bits per heavy atom. The summed E-state index contributed by atoms with van der Waals surface area (Å²) < 4.78 is 13.5. The smallest absolute Gasteiger partial charge is 0.264 e. The molecule has 0 bridgehead atoms. The van der Waals surface area contributed by atoms with Gasteiger partial charge in [-0.3, -0.25) is 4.79 Å². The van der Waals surface area contributed by atoms with Gasteiger partial charge in [0.05, 0.1) is 24.4 Å². The van der Waals surface area contributed by atoms with Gasteiger partial charge in [0.2, 0.25) is 4.80 Å². The molecule has 134 valence electrons. The quantitative estimate of drug-likeness (QED) is 0.556. The maximum Gasteiger partial charge on any atom is 0.264 e. The Hall–Kier alpha value is -3.06. The van der Waals surface area contributed by atoms with Gasteiger partial charge in [-0.05, 0) is 35.9 Å². The minimum absolute atomic E-state index is 0.308. The first kappa shape index (κ1) is 17.8. The van der Waals surface area contributed by atoms with Crippen LogP contribution in [-0.2, 0) is 11.8 Å². The van der Waals surface area contributed by atoms with Gasteiger partial charge in [0, 0.05) is 13.1 Å². The van der Waals surface area contributed by atoms with E-state index in [1.54, 1.807) is 32.4 Å². The lowest BCUT2D eigenvalue weighted by molar-refractivity contribution is -0.116. The van der Waals surface area contributed by atoms with E-state index in [9.17, 15) is 4.79 Å². The lowest BCUT2D eigenvalue weighted by Gasteiger charge is -2.07. The molecule has 0 saturated carbocycles. The number of ether oxygens (including phenoxy) is 2. The number of benzene rings is 2. The summed E-state index contributed by atoms with van der Waals surface area (Å²) >= 11 is 1.52. The molecule has 0 aliphatic rings. The van der Waals surface area contributed by atoms with Gasteiger partial charge < -0.3 is 14.0 Å². The van der Waals surface area contributed by atoms with E-state index >= 15 is 0 Å². The fourth-order valence-electron chi connectivity index (χ4n) is 2.46. The van der Waals surface area contributed by atoms with Gasteiger partial charge in [-0.1, -0.05) is 29.5 Å². The van der Waals surface area contributed by atoms with Crippen LogP contribution in [0.3, 0.4) is 0 Å². The lowest BCUT2D eigenvalue weighted by atomic mass is 10.2. The Kier molecular flexibility index (Phi) is 5.38. The molecule has 0 saturated heterocycles. The van der Waals surface area contributed by atoms with Crippen molar-refractivity contribution < 1.29 is 14.3 Å². The third-order valence-corrected chi connectivity index (χ3v) is 4.92. The summed E-state index contributed by atoms with van der Waals surface area (Å²) in [5.41, 5.74) is 4.45. The van der Waals surface area contributed by atoms with Crippen LogP contribution in [0.15, 0.2) is 53.6 Å². The van der Waals surface area contributed by atoms with Gasteiger partial charge in [0.15, 0.2) is 11.5 Å². The molecular formula is C19H19N3O3S. The van der Waals surface area contributed by atoms with Crippen molar-refractivity contribution in [3.8, 4) is 11.5 Å². The number of aromatic nitrogens is 1. The number of hydrogen-bond donors (Lipinski definition) is 1. The van der Waals surface area contributed by atoms with E-state index in [1.165, 1.54) is 17.4 Å². The van der Waals surface area contributed by atoms with E-state index in [4.69, 9.17) is 9.47 Å². The van der Waals surface area contributed by atoms with E-state index < -0.39 is 0 Å². The number of carbonyl (C=O) groups is 1. The molecule has 0 aliphatic carbocycles. The molecular weight excluding hydrogens is 350 g/mol. The molecule has 3 rings (SSSR count). The highest BCUT2D eigenvalue weighted by Gasteiger charge is 2.04. The molecule has 0 unspecified atom stereocenters. The van der Waals surface area contributed by atoms with Crippen LogP contribution in [0, 0.1) is 0 Å². The first-order valence-corrected chi connectivity index (χ1v) is 8.72. The van der Waals surface area contributed by atoms with Gasteiger partial charge in [-0.15, -0.1) is 5.10 Å². The maximum absolute atomic E-state index is 12.0. The molecule has 0 aliphatic heterocycles. The summed E-state index contributed by atoms with van der Waals surface area (Å²) in [6, 6.07) is 13.4. The number of nitrogens with zero attached hydrogens (tertiary/aromatic N) is 2. The van der Waals surface area contributed by atoms with Crippen LogP contribution < -0.4 is 19.7 Å². The lowest BCUT2D eigenvalue weighted by Crippen LogP contribution is -2.21. The Morgan fingerprint density at radius 2 is 1.92 bits per heavy atom. The van der Waals surface area contributed by atoms with E-state index in [0.29, 0.717) is 11.5 Å². The van der Waals surface area contributed by atoms with Crippen LogP contribution in [0.4, 0.5) is 0 Å². The average molecular weight is 369 g/mol. The van der Waals surface area contributed by atoms with Gasteiger partial charge in [0.1, 0.15) is 0 Å². The van der Waals surface area contributed by atoms with Crippen LogP contribution in [0.25, 0.3) is 16.3 Å². The second-order valence-electron chi connectivity index (χ2n) is 5.45. The number of hydrogen-bond acceptors (Lipinski definition) is 5. The number of fused-ring (bicyclic) bond motifs is 1. The van der Waals surface area contributed by atoms with Gasteiger partial charge in [-0.25, -0.2) is 5.43 Å². The van der Waals surface area contributed by atoms with Gasteiger partial charge in [0.25, 0.3) is 5.91 Å². The van der Waals surface area contributed by atoms with Crippen molar-refractivity contribution in [1.82, 2.24) is 9.99 Å². The topological polar surface area (TPSA) is 64.8 Å². The third-order valence-electron chi connectivity index (χ3n) is 3.81. The summed E-state index contributed by atoms with van der Waals surface area (Å²) in [4.78, 5) is 12.8. The maximum atomic E-state index is 12.0. The number of aryl methyl sites for hydroxylation is 1. The van der Waals surface area contributed by atoms with E-state index in [0.717, 1.165) is 20.6 Å². The highest BCUT2D eigenvalue weighted by molar-refractivity contribution is 7.16. The molecule has 1 aromatic heterocycles. The number of amides is 1. The number of methoxy groups -OCH3 is 2. The van der Waals surface area contributed by atoms with E-state index in [1.807, 2.05) is 41.9 Å². The summed E-state index contributed by atoms with van der Waals surface area (Å²) in [6.07, 6.45) is 3.12. The predicted molar refractivity (Wildman–Crippen MR) is 103 cm³/mol. The van der Waals surface area contributed by atoms with Crippen LogP contribution in [-0.4, -0.2) is 24.7 Å². The normalized spacial score (nSPS) is 11.9. The first-order chi connectivity index (χ1) is 12.6. The molecule has 6 nitrogen and oxygen atoms in total. The molecule has 7 heteroatoms. The molecule has 1 amide bonds. The zero-order valence-electron chi connectivity index (χ0n) is 14.7. The molecule has 1 heterocycles. The van der Waals surface area contributed by atoms with Crippen LogP contribution in [0.1, 0.15) is 5.56 Å². The number of nitrogens with one attached hydrogen (secondary N) is 1. The van der Waals surface area contributed by atoms with Crippen molar-refractivity contribution in [3.05, 3.63) is 58.9 Å². The molecule has 26 heavy (non-hydrogen) atoms. The van der Waals surface area contributed by atoms with Crippen molar-refractivity contribution in [2.24, 2.45) is 12.1 Å². The summed E-state index contributed by atoms with van der Waals surface area (Å²) in [5, 5.41) is 4.20. The van der Waals surface area contributed by atoms with E-state index in [2.05, 4.69) is 10.5 Å². The van der Waals surface area contributed by atoms with Crippen LogP contribution >= 0.6 is 11.3 Å². The number of carbonyl (C=O) groups excluding carboxylic acids is 1. The molecule has 0 fully saturated rings. The molecule has 3 aromatic rings. The van der Waals surface area contributed by atoms with Crippen molar-refractivity contribution in [1.29, 1.82) is 0 Å². The van der Waals surface area contributed by atoms with Crippen molar-refractivity contribution in [2.45, 2.75) is 0 Å². The SMILES string of the molecule is COc1ccc(/C=C/C(=O)N/N=c2/sc3ccccc3n2C)cc1OC. The third kappa shape index (κ3) is 3.78. The number of rotatable bonds is 5. The molecule has 2 aromatic carbocycles. The number of thiazole rings is 1. The highest BCUT2D eigenvalue weighted by Crippen LogP contribution is 2.27. The molecule has 0 spiro atoms. The molecule has 0 atom stereocenters. The van der Waals surface area contributed by atoms with Gasteiger partial charge in [-0.2, -0.15) is 0 Å². The zero-order valence-corrected chi connectivity index (χ0v) is 15.5. The average Bonchev–Trinajstić information content (AvgIpc) is 3.00. The highest BCUT2D eigenvalue weighted by atomic mass is 32.1. The minimum Gasteiger partial charge on any atom is -0.493 e. The monoisotopic (exact) mass is 369 g/mol. The molecule has 1 N–H and O–H groups in total. The minimum atomic E-state index is -0.308. The Morgan fingerprint density at radius 1 is 1.15 bits per heavy atom. The fourth-order valence-corrected chi connectivity index (χ4v) is 3.44. The fraction of sp³-hybridized carbons (Fsp3) is 0.158. The number of para-hydroxylation sites is 1. The second-order valence-corrected chi connectivity index (χ2v) is 6.46. The largest absolute Gasteiger partial charge is 0.493 e. The Bertz CT molecular complexity index is 1030. The van der Waals surface area contributed by atoms with Crippen molar-refractivity contribution >= 4 is 33.5 Å². The van der Waals surface area contributed by atoms with Crippen molar-refractivity contribution in [2.75, 3.05) is 14.2 Å². The summed E-state index contributed by atoms with van der Waals surface area (Å²) in [5.74, 6) is 0.940. The standard InChI is InChI=1S/C19H19N3O3S/c1-22-14-6-4-5-7-17(14)26-19(22)21-20-18(23)11-9-13-8-10-15(24-2)16(12-13)25-3/h4-12H,1-3H3,(H,20,23)/b11-9+,21-19+. The molecule has 0 radical (unpaired) electrons. The van der Waals surface area contributed by atoms with Gasteiger partial charge >= 0.3 is 0 Å². The first-order valence-electron chi connectivity index (χ1n) is 7.90. The summed E-state index contributed by atoms with van der Waals surface area (Å²) in [7, 11) is 5.07.